The predicted octanol–water partition coefficient (Wildman–Crippen LogP) is -1.64. The van der Waals surface area contributed by atoms with Crippen LogP contribution in [0.2, 0.25) is 0 Å². The van der Waals surface area contributed by atoms with Crippen molar-refractivity contribution in [2.75, 3.05) is 0 Å². The van der Waals surface area contributed by atoms with E-state index in [9.17, 15) is 4.79 Å². The summed E-state index contributed by atoms with van der Waals surface area (Å²) >= 11 is 0. The molecule has 1 aromatic heterocycles. The van der Waals surface area contributed by atoms with E-state index in [0.29, 0.717) is 5.56 Å². The minimum atomic E-state index is -1.69. The van der Waals surface area contributed by atoms with Crippen molar-refractivity contribution >= 4 is 12.6 Å². The highest BCUT2D eigenvalue weighted by Gasteiger charge is 2.17. The third kappa shape index (κ3) is 1.50. The molecule has 0 aliphatic carbocycles. The Bertz CT molecular complexity index is 307. The summed E-state index contributed by atoms with van der Waals surface area (Å²) in [4.78, 5) is 13.3. The topological polar surface area (TPSA) is 73.3 Å². The number of rotatable bonds is 1. The number of nitrogens with one attached hydrogen (secondary N) is 1. The number of hydrogen-bond acceptors (Lipinski definition) is 3. The highest BCUT2D eigenvalue weighted by molar-refractivity contribution is 6.58. The Hall–Kier alpha value is -1.07. The van der Waals surface area contributed by atoms with Crippen molar-refractivity contribution in [1.29, 1.82) is 0 Å². The molecular weight excluding hydrogens is 145 g/mol. The van der Waals surface area contributed by atoms with E-state index in [1.807, 2.05) is 0 Å². The Morgan fingerprint density at radius 2 is 2.18 bits per heavy atom. The summed E-state index contributed by atoms with van der Waals surface area (Å²) in [6.45, 7) is 1.64. The summed E-state index contributed by atoms with van der Waals surface area (Å²) < 4.78 is 0. The van der Waals surface area contributed by atoms with Crippen LogP contribution in [0, 0.1) is 6.92 Å². The number of H-pyrrole nitrogens is 1. The van der Waals surface area contributed by atoms with Crippen LogP contribution in [-0.2, 0) is 0 Å². The van der Waals surface area contributed by atoms with Crippen LogP contribution in [0.1, 0.15) is 5.56 Å². The fourth-order valence-corrected chi connectivity index (χ4v) is 0.910. The Morgan fingerprint density at radius 1 is 1.55 bits per heavy atom. The van der Waals surface area contributed by atoms with Gasteiger partial charge in [-0.25, -0.2) is 0 Å². The number of aryl methyl sites for hydroxylation is 1. The van der Waals surface area contributed by atoms with Crippen LogP contribution in [-0.4, -0.2) is 22.2 Å². The first-order valence-corrected chi connectivity index (χ1v) is 3.17. The Kier molecular flexibility index (Phi) is 2.12. The van der Waals surface area contributed by atoms with Crippen molar-refractivity contribution in [1.82, 2.24) is 4.98 Å². The molecule has 4 nitrogen and oxygen atoms in total. The monoisotopic (exact) mass is 153 g/mol. The van der Waals surface area contributed by atoms with Gasteiger partial charge in [0.15, 0.2) is 0 Å². The second kappa shape index (κ2) is 2.90. The SMILES string of the molecule is Cc1cc[nH]c(=O)c1B(O)O. The quantitative estimate of drug-likeness (QED) is 0.423. The van der Waals surface area contributed by atoms with Gasteiger partial charge in [-0.15, -0.1) is 0 Å². The van der Waals surface area contributed by atoms with Gasteiger partial charge in [0.2, 0.25) is 5.56 Å². The molecule has 3 N–H and O–H groups in total. The molecule has 1 rings (SSSR count). The molecule has 58 valence electrons. The lowest BCUT2D eigenvalue weighted by Gasteiger charge is -2.00. The van der Waals surface area contributed by atoms with E-state index in [4.69, 9.17) is 10.0 Å². The third-order valence-corrected chi connectivity index (χ3v) is 1.48. The normalized spacial score (nSPS) is 9.73. The first kappa shape index (κ1) is 8.04. The molecule has 0 saturated carbocycles. The lowest BCUT2D eigenvalue weighted by molar-refractivity contribution is 0.425. The van der Waals surface area contributed by atoms with E-state index in [0.717, 1.165) is 0 Å². The van der Waals surface area contributed by atoms with Gasteiger partial charge in [0.25, 0.3) is 0 Å². The molecule has 0 amide bonds. The van der Waals surface area contributed by atoms with Gasteiger partial charge < -0.3 is 15.0 Å². The molecule has 5 heteroatoms. The van der Waals surface area contributed by atoms with Crippen LogP contribution in [0.5, 0.6) is 0 Å². The zero-order valence-corrected chi connectivity index (χ0v) is 6.03. The molecule has 0 radical (unpaired) electrons. The summed E-state index contributed by atoms with van der Waals surface area (Å²) in [6.07, 6.45) is 1.46. The van der Waals surface area contributed by atoms with Crippen molar-refractivity contribution in [3.05, 3.63) is 28.2 Å². The van der Waals surface area contributed by atoms with E-state index in [1.54, 1.807) is 13.0 Å². The van der Waals surface area contributed by atoms with Crippen LogP contribution < -0.4 is 11.0 Å². The van der Waals surface area contributed by atoms with Crippen LogP contribution in [0.15, 0.2) is 17.1 Å². The van der Waals surface area contributed by atoms with Gasteiger partial charge >= 0.3 is 7.12 Å². The molecular formula is C6H8BNO3. The van der Waals surface area contributed by atoms with Crippen LogP contribution >= 0.6 is 0 Å². The number of hydrogen-bond donors (Lipinski definition) is 3. The molecule has 0 atom stereocenters. The van der Waals surface area contributed by atoms with Crippen LogP contribution in [0.25, 0.3) is 0 Å². The first-order valence-electron chi connectivity index (χ1n) is 3.17. The Morgan fingerprint density at radius 3 is 2.55 bits per heavy atom. The lowest BCUT2D eigenvalue weighted by atomic mass is 9.78. The maximum absolute atomic E-state index is 10.9. The van der Waals surface area contributed by atoms with Gasteiger partial charge in [0.05, 0.1) is 5.46 Å². The van der Waals surface area contributed by atoms with Crippen molar-refractivity contribution < 1.29 is 10.0 Å². The van der Waals surface area contributed by atoms with E-state index < -0.39 is 12.7 Å². The largest absolute Gasteiger partial charge is 0.494 e. The van der Waals surface area contributed by atoms with E-state index in [-0.39, 0.29) is 5.46 Å². The molecule has 0 aromatic carbocycles. The molecule has 0 spiro atoms. The number of pyridine rings is 1. The van der Waals surface area contributed by atoms with Gasteiger partial charge in [-0.05, 0) is 18.6 Å². The average molecular weight is 153 g/mol. The zero-order chi connectivity index (χ0) is 8.43. The summed E-state index contributed by atoms with van der Waals surface area (Å²) in [7, 11) is -1.69. The van der Waals surface area contributed by atoms with Crippen molar-refractivity contribution in [2.45, 2.75) is 6.92 Å². The molecule has 0 unspecified atom stereocenters. The van der Waals surface area contributed by atoms with Crippen molar-refractivity contribution in [2.24, 2.45) is 0 Å². The fraction of sp³-hybridized carbons (Fsp3) is 0.167. The lowest BCUT2D eigenvalue weighted by Crippen LogP contribution is -2.44. The van der Waals surface area contributed by atoms with Crippen LogP contribution in [0.4, 0.5) is 0 Å². The molecule has 0 fully saturated rings. The number of aromatic amines is 1. The highest BCUT2D eigenvalue weighted by atomic mass is 16.4. The van der Waals surface area contributed by atoms with Gasteiger partial charge in [-0.3, -0.25) is 4.79 Å². The third-order valence-electron chi connectivity index (χ3n) is 1.48. The second-order valence-electron chi connectivity index (χ2n) is 2.28. The van der Waals surface area contributed by atoms with E-state index in [2.05, 4.69) is 4.98 Å². The first-order chi connectivity index (χ1) is 5.13. The van der Waals surface area contributed by atoms with Gasteiger partial charge in [-0.2, -0.15) is 0 Å². The van der Waals surface area contributed by atoms with Crippen molar-refractivity contribution in [3.8, 4) is 0 Å². The van der Waals surface area contributed by atoms with Gasteiger partial charge in [0, 0.05) is 6.20 Å². The van der Waals surface area contributed by atoms with E-state index >= 15 is 0 Å². The van der Waals surface area contributed by atoms with Crippen molar-refractivity contribution in [3.63, 3.8) is 0 Å². The predicted molar refractivity (Wildman–Crippen MR) is 41.6 cm³/mol. The molecule has 0 bridgehead atoms. The minimum absolute atomic E-state index is 0.00694. The Labute approximate surface area is 63.7 Å². The summed E-state index contributed by atoms with van der Waals surface area (Å²) in [5, 5.41) is 17.4. The summed E-state index contributed by atoms with van der Waals surface area (Å²) in [5.41, 5.74) is 0.122. The van der Waals surface area contributed by atoms with Gasteiger partial charge in [-0.1, -0.05) is 0 Å². The maximum Gasteiger partial charge on any atom is 0.494 e. The zero-order valence-electron chi connectivity index (χ0n) is 6.03. The summed E-state index contributed by atoms with van der Waals surface area (Å²) in [5.74, 6) is 0. The highest BCUT2D eigenvalue weighted by Crippen LogP contribution is 1.85. The Balaban J connectivity index is 3.33. The number of aromatic nitrogens is 1. The maximum atomic E-state index is 10.9. The smallest absolute Gasteiger partial charge is 0.423 e. The second-order valence-corrected chi connectivity index (χ2v) is 2.28. The molecule has 0 saturated heterocycles. The summed E-state index contributed by atoms with van der Waals surface area (Å²) in [6, 6.07) is 1.61. The molecule has 0 aliphatic heterocycles. The minimum Gasteiger partial charge on any atom is -0.423 e. The average Bonchev–Trinajstić information content (AvgIpc) is 1.85. The molecule has 1 aromatic rings. The van der Waals surface area contributed by atoms with Crippen LogP contribution in [0.3, 0.4) is 0 Å². The fourth-order valence-electron chi connectivity index (χ4n) is 0.910. The van der Waals surface area contributed by atoms with Gasteiger partial charge in [0.1, 0.15) is 0 Å². The molecule has 0 aliphatic rings. The van der Waals surface area contributed by atoms with E-state index in [1.165, 1.54) is 6.20 Å². The molecule has 11 heavy (non-hydrogen) atoms. The molecule has 1 heterocycles. The standard InChI is InChI=1S/C6H8BNO3/c1-4-2-3-8-6(9)5(4)7(10)11/h2-3,10-11H,1H3,(H,8,9).